The molecule has 0 amide bonds. The van der Waals surface area contributed by atoms with Crippen LogP contribution >= 0.6 is 0 Å². The second kappa shape index (κ2) is 8.61. The number of aromatic nitrogens is 2. The summed E-state index contributed by atoms with van der Waals surface area (Å²) < 4.78 is 29.8. The summed E-state index contributed by atoms with van der Waals surface area (Å²) in [6, 6.07) is 8.93. The molecule has 30 heavy (non-hydrogen) atoms. The average molecular weight is 412 g/mol. The maximum Gasteiger partial charge on any atom is 0.167 e. The number of anilines is 2. The van der Waals surface area contributed by atoms with E-state index in [1.54, 1.807) is 20.3 Å². The van der Waals surface area contributed by atoms with Crippen molar-refractivity contribution < 1.29 is 18.6 Å². The maximum absolute atomic E-state index is 14.0. The number of halogens is 1. The lowest BCUT2D eigenvalue weighted by Gasteiger charge is -2.20. The van der Waals surface area contributed by atoms with Gasteiger partial charge in [0, 0.05) is 55.0 Å². The average Bonchev–Trinajstić information content (AvgIpc) is 3.25. The van der Waals surface area contributed by atoms with Crippen molar-refractivity contribution in [1.82, 2.24) is 9.97 Å². The van der Waals surface area contributed by atoms with Crippen molar-refractivity contribution in [3.8, 4) is 17.2 Å². The number of ether oxygens (including phenoxy) is 3. The Bertz CT molecular complexity index is 1020. The molecule has 2 heterocycles. The summed E-state index contributed by atoms with van der Waals surface area (Å²) in [6.07, 6.45) is 2.49. The predicted molar refractivity (Wildman–Crippen MR) is 114 cm³/mol. The standard InChI is InChI=1S/C22H25FN4O3/c1-28-16-6-15(7-17(8-16)29-2)27-5-4-14(12-27)11-24-22-18-9-21(30-3)19(23)10-20(18)25-13-26-22/h6-10,13-14H,4-5,11-12H2,1-3H3,(H,24,25,26). The molecular weight excluding hydrogens is 387 g/mol. The minimum Gasteiger partial charge on any atom is -0.497 e. The van der Waals surface area contributed by atoms with E-state index in [-0.39, 0.29) is 5.75 Å². The quantitative estimate of drug-likeness (QED) is 0.634. The minimum absolute atomic E-state index is 0.180. The van der Waals surface area contributed by atoms with Crippen molar-refractivity contribution in [3.05, 3.63) is 42.5 Å². The Hall–Kier alpha value is -3.29. The van der Waals surface area contributed by atoms with Crippen molar-refractivity contribution in [1.29, 1.82) is 0 Å². The molecule has 0 aliphatic carbocycles. The number of hydrogen-bond acceptors (Lipinski definition) is 7. The van der Waals surface area contributed by atoms with E-state index in [1.807, 2.05) is 18.2 Å². The molecule has 1 aliphatic heterocycles. The first-order chi connectivity index (χ1) is 14.6. The topological polar surface area (TPSA) is 68.7 Å². The molecule has 0 spiro atoms. The molecule has 0 radical (unpaired) electrons. The fourth-order valence-corrected chi connectivity index (χ4v) is 3.80. The summed E-state index contributed by atoms with van der Waals surface area (Å²) in [5.74, 6) is 2.42. The van der Waals surface area contributed by atoms with Crippen LogP contribution < -0.4 is 24.4 Å². The number of rotatable bonds is 7. The van der Waals surface area contributed by atoms with Crippen LogP contribution in [0.25, 0.3) is 10.9 Å². The molecule has 1 N–H and O–H groups in total. The SMILES string of the molecule is COc1cc(OC)cc(N2CCC(CNc3ncnc4cc(F)c(OC)cc34)C2)c1. The summed E-state index contributed by atoms with van der Waals surface area (Å²) in [5.41, 5.74) is 1.63. The Morgan fingerprint density at radius 1 is 1.03 bits per heavy atom. The molecule has 1 aliphatic rings. The van der Waals surface area contributed by atoms with Crippen LogP contribution in [0.15, 0.2) is 36.7 Å². The van der Waals surface area contributed by atoms with E-state index in [0.29, 0.717) is 17.3 Å². The molecule has 0 saturated carbocycles. The molecule has 158 valence electrons. The van der Waals surface area contributed by atoms with E-state index in [9.17, 15) is 4.39 Å². The summed E-state index contributed by atoms with van der Waals surface area (Å²) in [6.45, 7) is 2.61. The lowest BCUT2D eigenvalue weighted by Crippen LogP contribution is -2.22. The van der Waals surface area contributed by atoms with Gasteiger partial charge >= 0.3 is 0 Å². The Kier molecular flexibility index (Phi) is 5.74. The zero-order valence-corrected chi connectivity index (χ0v) is 17.3. The first-order valence-electron chi connectivity index (χ1n) is 9.81. The Labute approximate surface area is 174 Å². The molecule has 1 unspecified atom stereocenters. The molecule has 3 aromatic rings. The number of benzene rings is 2. The van der Waals surface area contributed by atoms with E-state index in [4.69, 9.17) is 14.2 Å². The van der Waals surface area contributed by atoms with Crippen LogP contribution in [0.3, 0.4) is 0 Å². The van der Waals surface area contributed by atoms with Gasteiger partial charge in [-0.05, 0) is 18.4 Å². The van der Waals surface area contributed by atoms with Crippen molar-refractivity contribution in [2.24, 2.45) is 5.92 Å². The Balaban J connectivity index is 1.46. The summed E-state index contributed by atoms with van der Waals surface area (Å²) in [5, 5.41) is 4.15. The van der Waals surface area contributed by atoms with Crippen LogP contribution in [-0.4, -0.2) is 50.9 Å². The second-order valence-electron chi connectivity index (χ2n) is 7.28. The van der Waals surface area contributed by atoms with Crippen LogP contribution in [0.2, 0.25) is 0 Å². The Morgan fingerprint density at radius 3 is 2.50 bits per heavy atom. The molecule has 7 nitrogen and oxygen atoms in total. The van der Waals surface area contributed by atoms with Gasteiger partial charge in [-0.25, -0.2) is 14.4 Å². The van der Waals surface area contributed by atoms with Crippen LogP contribution in [0, 0.1) is 11.7 Å². The maximum atomic E-state index is 14.0. The van der Waals surface area contributed by atoms with Gasteiger partial charge in [-0.1, -0.05) is 0 Å². The fourth-order valence-electron chi connectivity index (χ4n) is 3.80. The van der Waals surface area contributed by atoms with Crippen LogP contribution in [0.4, 0.5) is 15.9 Å². The van der Waals surface area contributed by atoms with Crippen molar-refractivity contribution >= 4 is 22.4 Å². The van der Waals surface area contributed by atoms with Gasteiger partial charge in [-0.15, -0.1) is 0 Å². The lowest BCUT2D eigenvalue weighted by molar-refractivity contribution is 0.387. The van der Waals surface area contributed by atoms with Gasteiger partial charge in [-0.2, -0.15) is 0 Å². The van der Waals surface area contributed by atoms with Gasteiger partial charge in [0.1, 0.15) is 23.6 Å². The highest BCUT2D eigenvalue weighted by atomic mass is 19.1. The van der Waals surface area contributed by atoms with Crippen molar-refractivity contribution in [2.75, 3.05) is 51.2 Å². The Morgan fingerprint density at radius 2 is 1.80 bits per heavy atom. The monoisotopic (exact) mass is 412 g/mol. The predicted octanol–water partition coefficient (Wildman–Crippen LogP) is 3.73. The molecule has 8 heteroatoms. The first kappa shape index (κ1) is 20.0. The third-order valence-corrected chi connectivity index (χ3v) is 5.45. The fraction of sp³-hybridized carbons (Fsp3) is 0.364. The van der Waals surface area contributed by atoms with E-state index in [0.717, 1.165) is 48.6 Å². The van der Waals surface area contributed by atoms with Crippen molar-refractivity contribution in [3.63, 3.8) is 0 Å². The third kappa shape index (κ3) is 4.03. The molecule has 0 bridgehead atoms. The number of fused-ring (bicyclic) bond motifs is 1. The highest BCUT2D eigenvalue weighted by Gasteiger charge is 2.24. The van der Waals surface area contributed by atoms with Gasteiger partial charge < -0.3 is 24.4 Å². The minimum atomic E-state index is -0.435. The summed E-state index contributed by atoms with van der Waals surface area (Å²) >= 11 is 0. The van der Waals surface area contributed by atoms with Crippen LogP contribution in [0.5, 0.6) is 17.2 Å². The van der Waals surface area contributed by atoms with Crippen LogP contribution in [-0.2, 0) is 0 Å². The number of nitrogens with zero attached hydrogens (tertiary/aromatic N) is 3. The number of hydrogen-bond donors (Lipinski definition) is 1. The highest BCUT2D eigenvalue weighted by Crippen LogP contribution is 2.32. The molecule has 1 fully saturated rings. The van der Waals surface area contributed by atoms with Gasteiger partial charge in [0.25, 0.3) is 0 Å². The first-order valence-corrected chi connectivity index (χ1v) is 9.81. The number of nitrogens with one attached hydrogen (secondary N) is 1. The smallest absolute Gasteiger partial charge is 0.167 e. The van der Waals surface area contributed by atoms with E-state index in [2.05, 4.69) is 20.2 Å². The molecule has 4 rings (SSSR count). The number of methoxy groups -OCH3 is 3. The molecule has 1 saturated heterocycles. The van der Waals surface area contributed by atoms with Gasteiger partial charge in [0.05, 0.1) is 26.8 Å². The molecular formula is C22H25FN4O3. The lowest BCUT2D eigenvalue weighted by atomic mass is 10.1. The summed E-state index contributed by atoms with van der Waals surface area (Å²) in [7, 11) is 4.76. The molecule has 1 aromatic heterocycles. The zero-order valence-electron chi connectivity index (χ0n) is 17.3. The van der Waals surface area contributed by atoms with E-state index in [1.165, 1.54) is 19.5 Å². The van der Waals surface area contributed by atoms with E-state index < -0.39 is 5.82 Å². The van der Waals surface area contributed by atoms with Gasteiger partial charge in [0.2, 0.25) is 0 Å². The van der Waals surface area contributed by atoms with Gasteiger partial charge in [0.15, 0.2) is 11.6 Å². The third-order valence-electron chi connectivity index (χ3n) is 5.45. The molecule has 1 atom stereocenters. The van der Waals surface area contributed by atoms with Crippen LogP contribution in [0.1, 0.15) is 6.42 Å². The normalized spacial score (nSPS) is 16.0. The highest BCUT2D eigenvalue weighted by molar-refractivity contribution is 5.90. The van der Waals surface area contributed by atoms with E-state index >= 15 is 0 Å². The van der Waals surface area contributed by atoms with Crippen molar-refractivity contribution in [2.45, 2.75) is 6.42 Å². The molecule has 2 aromatic carbocycles. The zero-order chi connectivity index (χ0) is 21.1. The van der Waals surface area contributed by atoms with Gasteiger partial charge in [-0.3, -0.25) is 0 Å². The summed E-state index contributed by atoms with van der Waals surface area (Å²) in [4.78, 5) is 10.8. The second-order valence-corrected chi connectivity index (χ2v) is 7.28. The largest absolute Gasteiger partial charge is 0.497 e.